The highest BCUT2D eigenvalue weighted by Crippen LogP contribution is 2.34. The quantitative estimate of drug-likeness (QED) is 0.289. The molecule has 50 heavy (non-hydrogen) atoms. The Kier molecular flexibility index (Phi) is 9.54. The molecule has 0 bridgehead atoms. The van der Waals surface area contributed by atoms with Crippen molar-refractivity contribution in [3.63, 3.8) is 0 Å². The number of rotatable bonds is 7. The molecule has 0 aliphatic carbocycles. The summed E-state index contributed by atoms with van der Waals surface area (Å²) >= 11 is 6.11. The SMILES string of the molecule is CCc1c(N2CCN(C(=O)c3ncnc(C)c3O)[C@H](C)C2)c(=O)n2nc(C3=CCOCC3)nc2n1CC(=O)Nc1ccc(C(F)(F)F)cc1Cl. The van der Waals surface area contributed by atoms with Crippen LogP contribution in [0.3, 0.4) is 0 Å². The number of benzene rings is 1. The number of nitrogens with one attached hydrogen (secondary N) is 1. The summed E-state index contributed by atoms with van der Waals surface area (Å²) in [5.74, 6) is -1.01. The molecule has 0 spiro atoms. The first-order chi connectivity index (χ1) is 23.8. The molecule has 264 valence electrons. The lowest BCUT2D eigenvalue weighted by atomic mass is 10.1. The number of nitrogens with zero attached hydrogens (tertiary/aromatic N) is 8. The van der Waals surface area contributed by atoms with Gasteiger partial charge in [-0.05, 0) is 50.5 Å². The van der Waals surface area contributed by atoms with E-state index >= 15 is 0 Å². The number of amides is 2. The average Bonchev–Trinajstić information content (AvgIpc) is 3.54. The maximum absolute atomic E-state index is 14.2. The van der Waals surface area contributed by atoms with Crippen LogP contribution < -0.4 is 15.8 Å². The van der Waals surface area contributed by atoms with E-state index in [9.17, 15) is 32.7 Å². The molecular weight excluding hydrogens is 683 g/mol. The second-order valence-electron chi connectivity index (χ2n) is 11.9. The number of carbonyl (C=O) groups is 2. The van der Waals surface area contributed by atoms with E-state index in [0.717, 1.165) is 28.3 Å². The molecule has 2 aliphatic rings. The fourth-order valence-corrected chi connectivity index (χ4v) is 6.37. The lowest BCUT2D eigenvalue weighted by molar-refractivity contribution is -0.137. The Hall–Kier alpha value is -5.03. The Morgan fingerprint density at radius 1 is 1.20 bits per heavy atom. The summed E-state index contributed by atoms with van der Waals surface area (Å²) < 4.78 is 47.7. The number of hydrogen-bond donors (Lipinski definition) is 2. The number of carbonyl (C=O) groups excluding carboxylic acids is 2. The summed E-state index contributed by atoms with van der Waals surface area (Å²) in [5.41, 5.74) is 0.201. The van der Waals surface area contributed by atoms with Crippen molar-refractivity contribution in [2.45, 2.75) is 52.4 Å². The molecule has 0 radical (unpaired) electrons. The molecule has 4 aromatic rings. The van der Waals surface area contributed by atoms with Crippen molar-refractivity contribution in [3.8, 4) is 5.75 Å². The lowest BCUT2D eigenvalue weighted by Crippen LogP contribution is -2.55. The first-order valence-electron chi connectivity index (χ1n) is 15.8. The summed E-state index contributed by atoms with van der Waals surface area (Å²) in [5, 5.41) is 17.3. The number of aryl methyl sites for hydroxylation is 1. The maximum atomic E-state index is 14.2. The summed E-state index contributed by atoms with van der Waals surface area (Å²) in [4.78, 5) is 57.1. The molecule has 2 N–H and O–H groups in total. The van der Waals surface area contributed by atoms with Gasteiger partial charge in [-0.15, -0.1) is 5.10 Å². The Balaban J connectivity index is 1.37. The predicted molar refractivity (Wildman–Crippen MR) is 176 cm³/mol. The lowest BCUT2D eigenvalue weighted by Gasteiger charge is -2.41. The third-order valence-electron chi connectivity index (χ3n) is 8.70. The number of aromatic nitrogens is 6. The first-order valence-corrected chi connectivity index (χ1v) is 16.2. The van der Waals surface area contributed by atoms with Gasteiger partial charge in [0.05, 0.1) is 40.9 Å². The van der Waals surface area contributed by atoms with Gasteiger partial charge in [0.15, 0.2) is 17.3 Å². The summed E-state index contributed by atoms with van der Waals surface area (Å²) in [6.45, 7) is 6.25. The zero-order valence-electron chi connectivity index (χ0n) is 27.3. The van der Waals surface area contributed by atoms with Crippen molar-refractivity contribution in [1.82, 2.24) is 34.0 Å². The molecule has 1 aromatic carbocycles. The van der Waals surface area contributed by atoms with Gasteiger partial charge in [-0.3, -0.25) is 14.4 Å². The van der Waals surface area contributed by atoms with Gasteiger partial charge in [0, 0.05) is 25.7 Å². The van der Waals surface area contributed by atoms with Gasteiger partial charge in [-0.25, -0.2) is 9.97 Å². The van der Waals surface area contributed by atoms with Gasteiger partial charge in [-0.2, -0.15) is 22.7 Å². The smallest absolute Gasteiger partial charge is 0.416 e. The van der Waals surface area contributed by atoms with Gasteiger partial charge in [0.2, 0.25) is 11.7 Å². The fourth-order valence-electron chi connectivity index (χ4n) is 6.14. The van der Waals surface area contributed by atoms with Crippen LogP contribution in [0.15, 0.2) is 35.4 Å². The number of fused-ring (bicyclic) bond motifs is 1. The highest BCUT2D eigenvalue weighted by Gasteiger charge is 2.34. The Morgan fingerprint density at radius 2 is 1.98 bits per heavy atom. The molecule has 1 fully saturated rings. The molecule has 1 atom stereocenters. The molecule has 0 saturated carbocycles. The number of hydrogen-bond acceptors (Lipinski definition) is 10. The van der Waals surface area contributed by atoms with Crippen molar-refractivity contribution in [3.05, 3.63) is 74.4 Å². The number of anilines is 2. The van der Waals surface area contributed by atoms with E-state index in [1.165, 1.54) is 6.33 Å². The normalized spacial score (nSPS) is 16.9. The van der Waals surface area contributed by atoms with Crippen LogP contribution in [0.4, 0.5) is 24.5 Å². The molecule has 18 heteroatoms. The van der Waals surface area contributed by atoms with Crippen LogP contribution in [0.1, 0.15) is 53.5 Å². The van der Waals surface area contributed by atoms with E-state index in [1.807, 2.05) is 24.8 Å². The molecule has 2 amide bonds. The highest BCUT2D eigenvalue weighted by molar-refractivity contribution is 6.33. The largest absolute Gasteiger partial charge is 0.504 e. The van der Waals surface area contributed by atoms with E-state index in [1.54, 1.807) is 16.4 Å². The third kappa shape index (κ3) is 6.61. The second-order valence-corrected chi connectivity index (χ2v) is 12.3. The molecule has 14 nitrogen and oxygen atoms in total. The number of alkyl halides is 3. The van der Waals surface area contributed by atoms with Crippen molar-refractivity contribution in [2.24, 2.45) is 0 Å². The van der Waals surface area contributed by atoms with Gasteiger partial charge >= 0.3 is 6.18 Å². The van der Waals surface area contributed by atoms with E-state index in [0.29, 0.717) is 31.2 Å². The molecule has 6 rings (SSSR count). The molecule has 1 saturated heterocycles. The van der Waals surface area contributed by atoms with Crippen molar-refractivity contribution in [1.29, 1.82) is 0 Å². The van der Waals surface area contributed by atoms with E-state index in [4.69, 9.17) is 16.3 Å². The minimum absolute atomic E-state index is 0.0194. The van der Waals surface area contributed by atoms with Crippen LogP contribution >= 0.6 is 11.6 Å². The van der Waals surface area contributed by atoms with Crippen LogP contribution in [-0.2, 0) is 28.7 Å². The average molecular weight is 716 g/mol. The van der Waals surface area contributed by atoms with Crippen molar-refractivity contribution < 1.29 is 32.6 Å². The minimum Gasteiger partial charge on any atom is -0.504 e. The van der Waals surface area contributed by atoms with Crippen molar-refractivity contribution >= 4 is 46.1 Å². The van der Waals surface area contributed by atoms with Gasteiger partial charge < -0.3 is 29.5 Å². The Bertz CT molecular complexity index is 2080. The highest BCUT2D eigenvalue weighted by atomic mass is 35.5. The van der Waals surface area contributed by atoms with E-state index in [2.05, 4.69) is 25.4 Å². The van der Waals surface area contributed by atoms with Crippen LogP contribution in [0, 0.1) is 6.92 Å². The fraction of sp³-hybridized carbons (Fsp3) is 0.406. The standard InChI is InChI=1S/C32H33ClF3N9O5/c1-4-23-26(42-9-10-43(17(2)14-42)29(48)25-27(47)18(3)37-16-38-25)30(49)45-31(40-28(41-45)19-7-11-50-12-8-19)44(23)15-24(46)39-22-6-5-20(13-21(22)33)32(34,35)36/h5-7,13,16-17,47H,4,8-12,14-15H2,1-3H3,(H,39,46)/t17-/m1/s1. The molecule has 3 aromatic heterocycles. The molecule has 0 unspecified atom stereocenters. The zero-order valence-corrected chi connectivity index (χ0v) is 28.0. The van der Waals surface area contributed by atoms with Crippen LogP contribution in [0.5, 0.6) is 5.75 Å². The second kappa shape index (κ2) is 13.7. The molecule has 5 heterocycles. The number of ether oxygens (including phenoxy) is 1. The topological polar surface area (TPSA) is 160 Å². The summed E-state index contributed by atoms with van der Waals surface area (Å²) in [6.07, 6.45) is -0.781. The van der Waals surface area contributed by atoms with Crippen LogP contribution in [0.25, 0.3) is 11.4 Å². The summed E-state index contributed by atoms with van der Waals surface area (Å²) in [6, 6.07) is 2.20. The van der Waals surface area contributed by atoms with Gasteiger partial charge in [-0.1, -0.05) is 24.6 Å². The maximum Gasteiger partial charge on any atom is 0.416 e. The minimum atomic E-state index is -4.61. The Labute approximate surface area is 288 Å². The third-order valence-corrected chi connectivity index (χ3v) is 9.01. The van der Waals surface area contributed by atoms with Crippen molar-refractivity contribution in [2.75, 3.05) is 43.1 Å². The van der Waals surface area contributed by atoms with E-state index in [-0.39, 0.29) is 71.9 Å². The first kappa shape index (κ1) is 34.8. The predicted octanol–water partition coefficient (Wildman–Crippen LogP) is 3.72. The number of aromatic hydroxyl groups is 1. The molecular formula is C32H33ClF3N9O5. The zero-order chi connectivity index (χ0) is 35.9. The van der Waals surface area contributed by atoms with E-state index < -0.39 is 35.2 Å². The molecule has 2 aliphatic heterocycles. The van der Waals surface area contributed by atoms with Gasteiger partial charge in [0.25, 0.3) is 11.5 Å². The summed E-state index contributed by atoms with van der Waals surface area (Å²) in [7, 11) is 0. The van der Waals surface area contributed by atoms with Crippen LogP contribution in [-0.4, -0.2) is 89.8 Å². The monoisotopic (exact) mass is 715 g/mol. The number of halogens is 4. The Morgan fingerprint density at radius 3 is 2.64 bits per heavy atom. The van der Waals surface area contributed by atoms with Crippen LogP contribution in [0.2, 0.25) is 5.02 Å². The van der Waals surface area contributed by atoms with Gasteiger partial charge in [0.1, 0.15) is 18.6 Å². The number of piperazine rings is 1.